The van der Waals surface area contributed by atoms with Gasteiger partial charge >= 0.3 is 0 Å². The van der Waals surface area contributed by atoms with Gasteiger partial charge in [0.1, 0.15) is 4.64 Å². The van der Waals surface area contributed by atoms with Gasteiger partial charge in [-0.25, -0.2) is 4.68 Å². The highest BCUT2D eigenvalue weighted by Crippen LogP contribution is 2.14. The minimum absolute atomic E-state index is 0.811. The van der Waals surface area contributed by atoms with Crippen molar-refractivity contribution in [1.82, 2.24) is 9.78 Å². The minimum atomic E-state index is 0.811. The fraction of sp³-hybridized carbons (Fsp3) is 0.182. The van der Waals surface area contributed by atoms with Crippen molar-refractivity contribution >= 4 is 12.2 Å². The van der Waals surface area contributed by atoms with E-state index in [1.807, 2.05) is 23.0 Å². The summed E-state index contributed by atoms with van der Waals surface area (Å²) in [4.78, 5) is 0. The van der Waals surface area contributed by atoms with Crippen LogP contribution in [0, 0.1) is 4.64 Å². The molecule has 2 aromatic rings. The Balaban J connectivity index is 2.62. The summed E-state index contributed by atoms with van der Waals surface area (Å²) in [6.45, 7) is 2.14. The van der Waals surface area contributed by atoms with E-state index in [4.69, 9.17) is 12.2 Å². The second-order valence-corrected chi connectivity index (χ2v) is 3.54. The summed E-state index contributed by atoms with van der Waals surface area (Å²) >= 11 is 5.21. The number of benzene rings is 1. The molecule has 0 radical (unpaired) electrons. The van der Waals surface area contributed by atoms with E-state index in [0.717, 1.165) is 16.7 Å². The molecule has 0 saturated carbocycles. The summed E-state index contributed by atoms with van der Waals surface area (Å²) in [6.07, 6.45) is 2.87. The first-order chi connectivity index (χ1) is 6.83. The maximum absolute atomic E-state index is 5.21. The topological polar surface area (TPSA) is 20.7 Å². The van der Waals surface area contributed by atoms with Crippen molar-refractivity contribution in [2.75, 3.05) is 0 Å². The van der Waals surface area contributed by atoms with Crippen LogP contribution in [-0.2, 0) is 6.42 Å². The molecule has 3 heteroatoms. The largest absolute Gasteiger partial charge is 0.300 e. The molecular formula is C11H12N2S. The molecule has 0 aliphatic carbocycles. The van der Waals surface area contributed by atoms with Crippen LogP contribution in [-0.4, -0.2) is 9.78 Å². The van der Waals surface area contributed by atoms with Gasteiger partial charge < -0.3 is 5.10 Å². The van der Waals surface area contributed by atoms with Crippen molar-refractivity contribution in [3.05, 3.63) is 46.7 Å². The third kappa shape index (κ3) is 1.51. The maximum Gasteiger partial charge on any atom is 0.127 e. The molecule has 0 aliphatic rings. The molecule has 0 spiro atoms. The summed E-state index contributed by atoms with van der Waals surface area (Å²) in [5.41, 5.74) is 2.44. The molecule has 0 atom stereocenters. The SMILES string of the molecule is CCc1ccccc1-n1[nH]ccc1=S. The van der Waals surface area contributed by atoms with Gasteiger partial charge in [0.05, 0.1) is 5.69 Å². The molecule has 1 aromatic carbocycles. The highest BCUT2D eigenvalue weighted by Gasteiger charge is 2.01. The number of nitrogens with zero attached hydrogens (tertiary/aromatic N) is 1. The van der Waals surface area contributed by atoms with Crippen molar-refractivity contribution in [2.45, 2.75) is 13.3 Å². The first-order valence-electron chi connectivity index (χ1n) is 4.67. The minimum Gasteiger partial charge on any atom is -0.300 e. The molecule has 72 valence electrons. The number of para-hydroxylation sites is 1. The molecule has 0 aliphatic heterocycles. The van der Waals surface area contributed by atoms with E-state index in [-0.39, 0.29) is 0 Å². The van der Waals surface area contributed by atoms with Gasteiger partial charge in [0, 0.05) is 6.20 Å². The fourth-order valence-corrected chi connectivity index (χ4v) is 1.76. The lowest BCUT2D eigenvalue weighted by Gasteiger charge is -2.07. The average molecular weight is 204 g/mol. The molecule has 0 fully saturated rings. The van der Waals surface area contributed by atoms with E-state index in [0.29, 0.717) is 0 Å². The first-order valence-corrected chi connectivity index (χ1v) is 5.08. The van der Waals surface area contributed by atoms with Crippen LogP contribution >= 0.6 is 12.2 Å². The van der Waals surface area contributed by atoms with Crippen LogP contribution in [0.1, 0.15) is 12.5 Å². The van der Waals surface area contributed by atoms with Gasteiger partial charge in [0.15, 0.2) is 0 Å². The van der Waals surface area contributed by atoms with Crippen LogP contribution in [0.2, 0.25) is 0 Å². The standard InChI is InChI=1S/C11H12N2S/c1-2-9-5-3-4-6-10(9)13-11(14)7-8-12-13/h3-8,12H,2H2,1H3. The predicted octanol–water partition coefficient (Wildman–Crippen LogP) is 3.10. The molecule has 0 saturated heterocycles. The Kier molecular flexibility index (Phi) is 2.50. The second-order valence-electron chi connectivity index (χ2n) is 3.12. The van der Waals surface area contributed by atoms with Gasteiger partial charge in [-0.15, -0.1) is 0 Å². The average Bonchev–Trinajstić information content (AvgIpc) is 2.64. The Morgan fingerprint density at radius 1 is 1.29 bits per heavy atom. The van der Waals surface area contributed by atoms with Gasteiger partial charge in [0.2, 0.25) is 0 Å². The van der Waals surface area contributed by atoms with Crippen molar-refractivity contribution in [2.24, 2.45) is 0 Å². The molecule has 2 nitrogen and oxygen atoms in total. The lowest BCUT2D eigenvalue weighted by Crippen LogP contribution is -2.00. The van der Waals surface area contributed by atoms with Crippen molar-refractivity contribution in [1.29, 1.82) is 0 Å². The fourth-order valence-electron chi connectivity index (χ4n) is 1.54. The van der Waals surface area contributed by atoms with Gasteiger partial charge in [-0.3, -0.25) is 0 Å². The number of H-pyrrole nitrogens is 1. The Morgan fingerprint density at radius 2 is 2.07 bits per heavy atom. The van der Waals surface area contributed by atoms with Gasteiger partial charge in [-0.1, -0.05) is 37.3 Å². The van der Waals surface area contributed by atoms with Crippen LogP contribution in [0.15, 0.2) is 36.5 Å². The molecule has 1 heterocycles. The molecule has 0 unspecified atom stereocenters. The van der Waals surface area contributed by atoms with Gasteiger partial charge in [-0.2, -0.15) is 0 Å². The highest BCUT2D eigenvalue weighted by atomic mass is 32.1. The lowest BCUT2D eigenvalue weighted by atomic mass is 10.1. The predicted molar refractivity (Wildman–Crippen MR) is 60.3 cm³/mol. The molecule has 2 rings (SSSR count). The summed E-state index contributed by atoms with van der Waals surface area (Å²) in [5.74, 6) is 0. The van der Waals surface area contributed by atoms with Gasteiger partial charge in [-0.05, 0) is 24.1 Å². The molecule has 1 aromatic heterocycles. The van der Waals surface area contributed by atoms with E-state index in [2.05, 4.69) is 30.2 Å². The number of aromatic amines is 1. The smallest absolute Gasteiger partial charge is 0.127 e. The third-order valence-corrected chi connectivity index (χ3v) is 2.58. The van der Waals surface area contributed by atoms with Gasteiger partial charge in [0.25, 0.3) is 0 Å². The zero-order valence-electron chi connectivity index (χ0n) is 8.03. The quantitative estimate of drug-likeness (QED) is 0.745. The highest BCUT2D eigenvalue weighted by molar-refractivity contribution is 7.71. The summed E-state index contributed by atoms with van der Waals surface area (Å²) in [7, 11) is 0. The number of aryl methyl sites for hydroxylation is 1. The normalized spacial score (nSPS) is 10.4. The Hall–Kier alpha value is -1.35. The van der Waals surface area contributed by atoms with E-state index in [1.165, 1.54) is 5.56 Å². The van der Waals surface area contributed by atoms with Crippen molar-refractivity contribution in [3.8, 4) is 5.69 Å². The monoisotopic (exact) mass is 204 g/mol. The van der Waals surface area contributed by atoms with Crippen molar-refractivity contribution in [3.63, 3.8) is 0 Å². The Morgan fingerprint density at radius 3 is 2.71 bits per heavy atom. The molecule has 0 amide bonds. The van der Waals surface area contributed by atoms with E-state index >= 15 is 0 Å². The Bertz CT molecular complexity index is 482. The summed E-state index contributed by atoms with van der Waals surface area (Å²) in [6, 6.07) is 10.2. The van der Waals surface area contributed by atoms with Crippen LogP contribution in [0.4, 0.5) is 0 Å². The molecule has 14 heavy (non-hydrogen) atoms. The summed E-state index contributed by atoms with van der Waals surface area (Å²) in [5, 5.41) is 3.11. The molecular weight excluding hydrogens is 192 g/mol. The molecule has 1 N–H and O–H groups in total. The number of rotatable bonds is 2. The zero-order valence-corrected chi connectivity index (χ0v) is 8.84. The first kappa shape index (κ1) is 9.21. The van der Waals surface area contributed by atoms with E-state index in [9.17, 15) is 0 Å². The number of hydrogen-bond donors (Lipinski definition) is 1. The van der Waals surface area contributed by atoms with Crippen LogP contribution in [0.3, 0.4) is 0 Å². The Labute approximate surface area is 88.2 Å². The third-order valence-electron chi connectivity index (χ3n) is 2.26. The van der Waals surface area contributed by atoms with Crippen LogP contribution < -0.4 is 0 Å². The number of nitrogens with one attached hydrogen (secondary N) is 1. The second kappa shape index (κ2) is 3.80. The van der Waals surface area contributed by atoms with Crippen LogP contribution in [0.25, 0.3) is 5.69 Å². The molecule has 0 bridgehead atoms. The van der Waals surface area contributed by atoms with E-state index in [1.54, 1.807) is 0 Å². The van der Waals surface area contributed by atoms with E-state index < -0.39 is 0 Å². The van der Waals surface area contributed by atoms with Crippen LogP contribution in [0.5, 0.6) is 0 Å². The van der Waals surface area contributed by atoms with Crippen molar-refractivity contribution < 1.29 is 0 Å². The lowest BCUT2D eigenvalue weighted by molar-refractivity contribution is 0.852. The number of hydrogen-bond acceptors (Lipinski definition) is 1. The summed E-state index contributed by atoms with van der Waals surface area (Å²) < 4.78 is 2.74. The number of aromatic nitrogens is 2. The maximum atomic E-state index is 5.21. The zero-order chi connectivity index (χ0) is 9.97.